The van der Waals surface area contributed by atoms with Crippen LogP contribution in [0.5, 0.6) is 0 Å². The minimum Gasteiger partial charge on any atom is -0.440 e. The molecule has 0 spiro atoms. The van der Waals surface area contributed by atoms with Crippen LogP contribution in [0.4, 0.5) is 0 Å². The molecule has 0 aliphatic rings. The molecule has 0 aliphatic carbocycles. The SMILES string of the molecule is COB(OC)[C-](B(OC)OC)B(OC)OC.[Li+]. The van der Waals surface area contributed by atoms with Gasteiger partial charge in [-0.2, -0.15) is 0 Å². The smallest absolute Gasteiger partial charge is 0.440 e. The quantitative estimate of drug-likeness (QED) is 0.307. The predicted octanol–water partition coefficient (Wildman–Crippen LogP) is -3.47. The topological polar surface area (TPSA) is 55.4 Å². The van der Waals surface area contributed by atoms with Gasteiger partial charge in [-0.3, -0.25) is 0 Å². The summed E-state index contributed by atoms with van der Waals surface area (Å²) in [4.78, 5) is 0. The van der Waals surface area contributed by atoms with Gasteiger partial charge in [-0.05, 0) is 0 Å². The van der Waals surface area contributed by atoms with Gasteiger partial charge >= 0.3 is 18.9 Å². The van der Waals surface area contributed by atoms with Gasteiger partial charge in [-0.15, -0.1) is 0 Å². The standard InChI is InChI=1S/C7H18B3O6.Li/c1-11-8(12-2)7(9(13-3)14-4)10(15-5)16-6;/h1-6H3;/q-1;+1. The van der Waals surface area contributed by atoms with Crippen LogP contribution < -0.4 is 18.9 Å². The van der Waals surface area contributed by atoms with Crippen molar-refractivity contribution in [2.75, 3.05) is 42.7 Å². The molecule has 0 bridgehead atoms. The average molecular weight is 238 g/mol. The van der Waals surface area contributed by atoms with Crippen molar-refractivity contribution in [2.24, 2.45) is 0 Å². The Bertz CT molecular complexity index is 139. The van der Waals surface area contributed by atoms with Crippen molar-refractivity contribution < 1.29 is 46.8 Å². The molecule has 10 heteroatoms. The van der Waals surface area contributed by atoms with E-state index in [-0.39, 0.29) is 18.9 Å². The zero-order valence-electron chi connectivity index (χ0n) is 11.7. The second kappa shape index (κ2) is 11.6. The first kappa shape index (κ1) is 19.9. The second-order valence-corrected chi connectivity index (χ2v) is 2.91. The molecule has 0 atom stereocenters. The molecule has 17 heavy (non-hydrogen) atoms. The molecule has 0 unspecified atom stereocenters. The molecule has 0 aromatic carbocycles. The van der Waals surface area contributed by atoms with E-state index in [2.05, 4.69) is 0 Å². The molecule has 0 rings (SSSR count). The fourth-order valence-corrected chi connectivity index (χ4v) is 1.44. The molecule has 0 fully saturated rings. The summed E-state index contributed by atoms with van der Waals surface area (Å²) in [5, 5.41) is 0. The average Bonchev–Trinajstić information content (AvgIpc) is 2.33. The zero-order valence-corrected chi connectivity index (χ0v) is 11.7. The summed E-state index contributed by atoms with van der Waals surface area (Å²) in [5.41, 5.74) is 0.569. The molecular formula is C7H18B3LiO6. The van der Waals surface area contributed by atoms with E-state index < -0.39 is 21.4 Å². The summed E-state index contributed by atoms with van der Waals surface area (Å²) in [5.74, 6) is 0. The third-order valence-electron chi connectivity index (χ3n) is 2.10. The van der Waals surface area contributed by atoms with Gasteiger partial charge in [0.1, 0.15) is 0 Å². The van der Waals surface area contributed by atoms with E-state index in [0.29, 0.717) is 5.62 Å². The van der Waals surface area contributed by atoms with Crippen LogP contribution >= 0.6 is 0 Å². The molecule has 0 saturated carbocycles. The van der Waals surface area contributed by atoms with Gasteiger partial charge in [-0.1, -0.05) is 0 Å². The van der Waals surface area contributed by atoms with E-state index >= 15 is 0 Å². The van der Waals surface area contributed by atoms with Crippen LogP contribution in [0, 0.1) is 5.62 Å². The van der Waals surface area contributed by atoms with Crippen molar-refractivity contribution in [3.8, 4) is 0 Å². The summed E-state index contributed by atoms with van der Waals surface area (Å²) >= 11 is 0. The molecule has 0 saturated heterocycles. The first-order valence-electron chi connectivity index (χ1n) is 4.73. The van der Waals surface area contributed by atoms with Crippen LogP contribution in [-0.4, -0.2) is 64.0 Å². The van der Waals surface area contributed by atoms with Crippen LogP contribution in [0.15, 0.2) is 0 Å². The Kier molecular flexibility index (Phi) is 13.6. The van der Waals surface area contributed by atoms with Crippen molar-refractivity contribution >= 4 is 21.4 Å². The Morgan fingerprint density at radius 3 is 0.824 bits per heavy atom. The van der Waals surface area contributed by atoms with Gasteiger partial charge in [-0.25, -0.2) is 5.62 Å². The summed E-state index contributed by atoms with van der Waals surface area (Å²) in [7, 11) is 7.19. The van der Waals surface area contributed by atoms with Crippen molar-refractivity contribution in [3.05, 3.63) is 5.62 Å². The summed E-state index contributed by atoms with van der Waals surface area (Å²) < 4.78 is 30.9. The molecule has 0 radical (unpaired) electrons. The second-order valence-electron chi connectivity index (χ2n) is 2.91. The predicted molar refractivity (Wildman–Crippen MR) is 62.6 cm³/mol. The fraction of sp³-hybridized carbons (Fsp3) is 0.857. The maximum absolute atomic E-state index is 5.15. The Hall–Kier alpha value is 0.552. The van der Waals surface area contributed by atoms with E-state index in [4.69, 9.17) is 27.9 Å². The van der Waals surface area contributed by atoms with E-state index in [1.54, 1.807) is 0 Å². The molecule has 6 nitrogen and oxygen atoms in total. The minimum atomic E-state index is -0.630. The maximum Gasteiger partial charge on any atom is 1.00 e. The van der Waals surface area contributed by atoms with Crippen molar-refractivity contribution in [1.29, 1.82) is 0 Å². The Balaban J connectivity index is 0. The summed E-state index contributed by atoms with van der Waals surface area (Å²) in [6.45, 7) is 0. The van der Waals surface area contributed by atoms with Crippen LogP contribution in [-0.2, 0) is 27.9 Å². The van der Waals surface area contributed by atoms with Gasteiger partial charge in [0.05, 0.1) is 0 Å². The normalized spacial score (nSPS) is 10.1. The number of rotatable bonds is 9. The Labute approximate surface area is 117 Å². The van der Waals surface area contributed by atoms with Crippen molar-refractivity contribution in [3.63, 3.8) is 0 Å². The minimum absolute atomic E-state index is 0. The van der Waals surface area contributed by atoms with E-state index in [9.17, 15) is 0 Å². The zero-order chi connectivity index (χ0) is 12.6. The molecule has 92 valence electrons. The summed E-state index contributed by atoms with van der Waals surface area (Å²) in [6.07, 6.45) is 0. The van der Waals surface area contributed by atoms with Gasteiger partial charge in [0, 0.05) is 42.7 Å². The number of hydrogen-bond acceptors (Lipinski definition) is 6. The van der Waals surface area contributed by atoms with Gasteiger partial charge in [0.15, 0.2) is 0 Å². The molecule has 0 amide bonds. The van der Waals surface area contributed by atoms with E-state index in [1.807, 2.05) is 0 Å². The van der Waals surface area contributed by atoms with Crippen LogP contribution in [0.1, 0.15) is 0 Å². The molecule has 0 N–H and O–H groups in total. The largest absolute Gasteiger partial charge is 1.00 e. The Morgan fingerprint density at radius 1 is 0.529 bits per heavy atom. The monoisotopic (exact) mass is 238 g/mol. The molecule has 0 heterocycles. The Morgan fingerprint density at radius 2 is 0.706 bits per heavy atom. The first-order chi connectivity index (χ1) is 7.69. The first-order valence-corrected chi connectivity index (χ1v) is 4.73. The molecular weight excluding hydrogens is 219 g/mol. The summed E-state index contributed by atoms with van der Waals surface area (Å²) in [6, 6.07) is 0. The molecule has 0 aromatic rings. The third-order valence-corrected chi connectivity index (χ3v) is 2.10. The van der Waals surface area contributed by atoms with Crippen LogP contribution in [0.25, 0.3) is 0 Å². The third kappa shape index (κ3) is 5.81. The van der Waals surface area contributed by atoms with Crippen molar-refractivity contribution in [2.45, 2.75) is 0 Å². The maximum atomic E-state index is 5.15. The van der Waals surface area contributed by atoms with Crippen LogP contribution in [0.3, 0.4) is 0 Å². The van der Waals surface area contributed by atoms with Crippen molar-refractivity contribution in [1.82, 2.24) is 0 Å². The fourth-order valence-electron chi connectivity index (χ4n) is 1.44. The van der Waals surface area contributed by atoms with E-state index in [0.717, 1.165) is 0 Å². The molecule has 0 aromatic heterocycles. The molecule has 0 aliphatic heterocycles. The van der Waals surface area contributed by atoms with Crippen LogP contribution in [0.2, 0.25) is 0 Å². The van der Waals surface area contributed by atoms with Gasteiger partial charge in [0.2, 0.25) is 0 Å². The van der Waals surface area contributed by atoms with Gasteiger partial charge in [0.25, 0.3) is 21.4 Å². The number of hydrogen-bond donors (Lipinski definition) is 0. The van der Waals surface area contributed by atoms with E-state index in [1.165, 1.54) is 42.7 Å². The van der Waals surface area contributed by atoms with Gasteiger partial charge < -0.3 is 27.9 Å².